The Labute approximate surface area is 120 Å². The molecule has 1 unspecified atom stereocenters. The Morgan fingerprint density at radius 1 is 1.30 bits per heavy atom. The normalized spacial score (nSPS) is 23.4. The SMILES string of the molecule is COCc1ccc(C(=O)N2CCCC(C)(O)CC2)cc1. The van der Waals surface area contributed by atoms with E-state index in [9.17, 15) is 9.90 Å². The van der Waals surface area contributed by atoms with Gasteiger partial charge in [-0.15, -0.1) is 0 Å². The summed E-state index contributed by atoms with van der Waals surface area (Å²) < 4.78 is 5.06. The molecular weight excluding hydrogens is 254 g/mol. The van der Waals surface area contributed by atoms with Gasteiger partial charge >= 0.3 is 0 Å². The molecular formula is C16H23NO3. The standard InChI is InChI=1S/C16H23NO3/c1-16(19)8-3-10-17(11-9-16)15(18)14-6-4-13(5-7-14)12-20-2/h4-7,19H,3,8-12H2,1-2H3. The summed E-state index contributed by atoms with van der Waals surface area (Å²) >= 11 is 0. The topological polar surface area (TPSA) is 49.8 Å². The van der Waals surface area contributed by atoms with Crippen molar-refractivity contribution in [3.05, 3.63) is 35.4 Å². The number of carbonyl (C=O) groups excluding carboxylic acids is 1. The predicted octanol–water partition coefficient (Wildman–Crippen LogP) is 2.21. The lowest BCUT2D eigenvalue weighted by atomic mass is 9.98. The van der Waals surface area contributed by atoms with Gasteiger partial charge in [0.25, 0.3) is 5.91 Å². The van der Waals surface area contributed by atoms with Crippen LogP contribution in [-0.2, 0) is 11.3 Å². The molecule has 0 spiro atoms. The quantitative estimate of drug-likeness (QED) is 0.921. The number of benzene rings is 1. The molecule has 1 atom stereocenters. The summed E-state index contributed by atoms with van der Waals surface area (Å²) in [5.74, 6) is 0.0478. The second-order valence-corrected chi connectivity index (χ2v) is 5.77. The molecule has 1 aromatic rings. The number of aliphatic hydroxyl groups is 1. The number of hydrogen-bond donors (Lipinski definition) is 1. The minimum absolute atomic E-state index is 0.0478. The Bertz CT molecular complexity index is 453. The molecule has 0 radical (unpaired) electrons. The summed E-state index contributed by atoms with van der Waals surface area (Å²) in [5, 5.41) is 10.1. The highest BCUT2D eigenvalue weighted by atomic mass is 16.5. The van der Waals surface area contributed by atoms with E-state index < -0.39 is 5.60 Å². The molecule has 20 heavy (non-hydrogen) atoms. The summed E-state index contributed by atoms with van der Waals surface area (Å²) in [6, 6.07) is 7.54. The fourth-order valence-electron chi connectivity index (χ4n) is 2.56. The van der Waals surface area contributed by atoms with Crippen molar-refractivity contribution in [3.8, 4) is 0 Å². The monoisotopic (exact) mass is 277 g/mol. The van der Waals surface area contributed by atoms with Crippen molar-refractivity contribution in [2.75, 3.05) is 20.2 Å². The smallest absolute Gasteiger partial charge is 0.253 e. The van der Waals surface area contributed by atoms with E-state index in [0.717, 1.165) is 24.9 Å². The number of amides is 1. The highest BCUT2D eigenvalue weighted by Gasteiger charge is 2.27. The zero-order chi connectivity index (χ0) is 14.6. The number of hydrogen-bond acceptors (Lipinski definition) is 3. The van der Waals surface area contributed by atoms with Crippen LogP contribution in [0.4, 0.5) is 0 Å². The molecule has 1 N–H and O–H groups in total. The van der Waals surface area contributed by atoms with Gasteiger partial charge in [0, 0.05) is 25.8 Å². The predicted molar refractivity (Wildman–Crippen MR) is 77.5 cm³/mol. The third-order valence-corrected chi connectivity index (χ3v) is 3.86. The Hall–Kier alpha value is -1.39. The van der Waals surface area contributed by atoms with Gasteiger partial charge < -0.3 is 14.7 Å². The van der Waals surface area contributed by atoms with E-state index in [1.807, 2.05) is 36.1 Å². The molecule has 0 saturated carbocycles. The van der Waals surface area contributed by atoms with Gasteiger partial charge in [-0.25, -0.2) is 0 Å². The van der Waals surface area contributed by atoms with Crippen LogP contribution >= 0.6 is 0 Å². The second-order valence-electron chi connectivity index (χ2n) is 5.77. The molecule has 1 heterocycles. The van der Waals surface area contributed by atoms with Crippen LogP contribution in [0.1, 0.15) is 42.1 Å². The molecule has 4 heteroatoms. The van der Waals surface area contributed by atoms with Crippen LogP contribution in [0, 0.1) is 0 Å². The third kappa shape index (κ3) is 3.81. The molecule has 0 aromatic heterocycles. The van der Waals surface area contributed by atoms with Crippen molar-refractivity contribution in [1.29, 1.82) is 0 Å². The maximum Gasteiger partial charge on any atom is 0.253 e. The summed E-state index contributed by atoms with van der Waals surface area (Å²) in [5.41, 5.74) is 1.12. The van der Waals surface area contributed by atoms with Crippen molar-refractivity contribution in [3.63, 3.8) is 0 Å². The first-order valence-corrected chi connectivity index (χ1v) is 7.11. The maximum atomic E-state index is 12.4. The third-order valence-electron chi connectivity index (χ3n) is 3.86. The van der Waals surface area contributed by atoms with E-state index >= 15 is 0 Å². The van der Waals surface area contributed by atoms with Gasteiger partial charge in [0.15, 0.2) is 0 Å². The first-order valence-electron chi connectivity index (χ1n) is 7.11. The van der Waals surface area contributed by atoms with E-state index in [2.05, 4.69) is 0 Å². The van der Waals surface area contributed by atoms with Crippen molar-refractivity contribution >= 4 is 5.91 Å². The molecule has 4 nitrogen and oxygen atoms in total. The number of likely N-dealkylation sites (tertiary alicyclic amines) is 1. The van der Waals surface area contributed by atoms with Gasteiger partial charge in [-0.05, 0) is 43.9 Å². The molecule has 1 aromatic carbocycles. The molecule has 1 saturated heterocycles. The number of rotatable bonds is 3. The maximum absolute atomic E-state index is 12.4. The molecule has 1 aliphatic rings. The Balaban J connectivity index is 2.03. The van der Waals surface area contributed by atoms with Crippen LogP contribution in [0.2, 0.25) is 0 Å². The van der Waals surface area contributed by atoms with E-state index in [1.165, 1.54) is 0 Å². The van der Waals surface area contributed by atoms with E-state index in [0.29, 0.717) is 25.1 Å². The minimum atomic E-state index is -0.642. The first-order chi connectivity index (χ1) is 9.52. The fraction of sp³-hybridized carbons (Fsp3) is 0.562. The summed E-state index contributed by atoms with van der Waals surface area (Å²) in [6.07, 6.45) is 2.24. The van der Waals surface area contributed by atoms with E-state index in [4.69, 9.17) is 4.74 Å². The fourth-order valence-corrected chi connectivity index (χ4v) is 2.56. The number of methoxy groups -OCH3 is 1. The molecule has 1 fully saturated rings. The highest BCUT2D eigenvalue weighted by Crippen LogP contribution is 2.22. The van der Waals surface area contributed by atoms with E-state index in [-0.39, 0.29) is 5.91 Å². The Morgan fingerprint density at radius 3 is 2.65 bits per heavy atom. The lowest BCUT2D eigenvalue weighted by Gasteiger charge is -2.22. The molecule has 1 aliphatic heterocycles. The Kier molecular flexibility index (Phi) is 4.78. The molecule has 0 aliphatic carbocycles. The Morgan fingerprint density at radius 2 is 2.00 bits per heavy atom. The van der Waals surface area contributed by atoms with Crippen molar-refractivity contribution < 1.29 is 14.6 Å². The summed E-state index contributed by atoms with van der Waals surface area (Å²) in [6.45, 7) is 3.74. The molecule has 110 valence electrons. The van der Waals surface area contributed by atoms with E-state index in [1.54, 1.807) is 7.11 Å². The van der Waals surface area contributed by atoms with Crippen molar-refractivity contribution in [2.24, 2.45) is 0 Å². The lowest BCUT2D eigenvalue weighted by molar-refractivity contribution is 0.0438. The lowest BCUT2D eigenvalue weighted by Crippen LogP contribution is -2.33. The van der Waals surface area contributed by atoms with Crippen molar-refractivity contribution in [1.82, 2.24) is 4.90 Å². The van der Waals surface area contributed by atoms with Crippen LogP contribution in [-0.4, -0.2) is 41.7 Å². The zero-order valence-electron chi connectivity index (χ0n) is 12.3. The van der Waals surface area contributed by atoms with Crippen LogP contribution in [0.5, 0.6) is 0 Å². The highest BCUT2D eigenvalue weighted by molar-refractivity contribution is 5.94. The van der Waals surface area contributed by atoms with Crippen LogP contribution in [0.15, 0.2) is 24.3 Å². The van der Waals surface area contributed by atoms with Gasteiger partial charge in [-0.3, -0.25) is 4.79 Å². The number of nitrogens with zero attached hydrogens (tertiary/aromatic N) is 1. The number of ether oxygens (including phenoxy) is 1. The first kappa shape index (κ1) is 15.0. The van der Waals surface area contributed by atoms with Crippen molar-refractivity contribution in [2.45, 2.75) is 38.4 Å². The molecule has 0 bridgehead atoms. The number of carbonyl (C=O) groups is 1. The van der Waals surface area contributed by atoms with Crippen LogP contribution < -0.4 is 0 Å². The van der Waals surface area contributed by atoms with Crippen LogP contribution in [0.25, 0.3) is 0 Å². The largest absolute Gasteiger partial charge is 0.390 e. The van der Waals surface area contributed by atoms with Gasteiger partial charge in [0.1, 0.15) is 0 Å². The molecule has 2 rings (SSSR count). The van der Waals surface area contributed by atoms with Gasteiger partial charge in [-0.2, -0.15) is 0 Å². The molecule has 1 amide bonds. The second kappa shape index (κ2) is 6.37. The average Bonchev–Trinajstić information content (AvgIpc) is 2.60. The van der Waals surface area contributed by atoms with Crippen LogP contribution in [0.3, 0.4) is 0 Å². The summed E-state index contributed by atoms with van der Waals surface area (Å²) in [4.78, 5) is 14.3. The van der Waals surface area contributed by atoms with Gasteiger partial charge in [-0.1, -0.05) is 12.1 Å². The minimum Gasteiger partial charge on any atom is -0.390 e. The van der Waals surface area contributed by atoms with Gasteiger partial charge in [0.2, 0.25) is 0 Å². The average molecular weight is 277 g/mol. The van der Waals surface area contributed by atoms with Gasteiger partial charge in [0.05, 0.1) is 12.2 Å². The zero-order valence-corrected chi connectivity index (χ0v) is 12.3. The summed E-state index contributed by atoms with van der Waals surface area (Å²) in [7, 11) is 1.65.